The van der Waals surface area contributed by atoms with Gasteiger partial charge in [-0.05, 0) is 39.4 Å². The summed E-state index contributed by atoms with van der Waals surface area (Å²) in [7, 11) is 0. The van der Waals surface area contributed by atoms with Gasteiger partial charge in [0.05, 0.1) is 4.90 Å². The van der Waals surface area contributed by atoms with E-state index in [1.165, 1.54) is 0 Å². The van der Waals surface area contributed by atoms with Crippen molar-refractivity contribution in [1.29, 1.82) is 0 Å². The minimum Gasteiger partial charge on any atom is -0.477 e. The molecule has 1 aromatic rings. The molecule has 0 radical (unpaired) electrons. The van der Waals surface area contributed by atoms with E-state index in [9.17, 15) is 27.2 Å². The number of aromatic carboxylic acids is 1. The van der Waals surface area contributed by atoms with E-state index < -0.39 is 51.4 Å². The third kappa shape index (κ3) is 6.08. The Kier molecular flexibility index (Phi) is 7.73. The maximum Gasteiger partial charge on any atom is 0.407 e. The Morgan fingerprint density at radius 1 is 1.04 bits per heavy atom. The van der Waals surface area contributed by atoms with Gasteiger partial charge in [-0.3, -0.25) is 0 Å². The predicted octanol–water partition coefficient (Wildman–Crippen LogP) is 4.34. The molecule has 146 valence electrons. The van der Waals surface area contributed by atoms with Crippen LogP contribution < -0.4 is 5.32 Å². The SMILES string of the molecule is CC(C)(C)OC(=O)NCCCCSc1c(F)c(F)c(C(=O)O)c(F)c1F. The Hall–Kier alpha value is -1.97. The van der Waals surface area contributed by atoms with Gasteiger partial charge < -0.3 is 15.2 Å². The lowest BCUT2D eigenvalue weighted by Gasteiger charge is -2.19. The number of carbonyl (C=O) groups excluding carboxylic acids is 1. The van der Waals surface area contributed by atoms with Crippen LogP contribution in [-0.2, 0) is 4.74 Å². The van der Waals surface area contributed by atoms with Gasteiger partial charge in [0.25, 0.3) is 0 Å². The number of halogens is 4. The van der Waals surface area contributed by atoms with E-state index in [1.807, 2.05) is 0 Å². The second kappa shape index (κ2) is 9.11. The molecule has 0 saturated heterocycles. The molecule has 0 bridgehead atoms. The van der Waals surface area contributed by atoms with Crippen molar-refractivity contribution in [3.63, 3.8) is 0 Å². The van der Waals surface area contributed by atoms with Crippen LogP contribution in [0.1, 0.15) is 44.0 Å². The zero-order valence-electron chi connectivity index (χ0n) is 14.4. The molecule has 2 N–H and O–H groups in total. The lowest BCUT2D eigenvalue weighted by atomic mass is 10.2. The molecule has 0 atom stereocenters. The second-order valence-electron chi connectivity index (χ2n) is 6.25. The lowest BCUT2D eigenvalue weighted by molar-refractivity contribution is 0.0526. The number of rotatable bonds is 7. The highest BCUT2D eigenvalue weighted by Crippen LogP contribution is 2.32. The van der Waals surface area contributed by atoms with E-state index >= 15 is 0 Å². The fourth-order valence-electron chi connectivity index (χ4n) is 1.83. The molecule has 0 aromatic heterocycles. The van der Waals surface area contributed by atoms with Gasteiger partial charge in [-0.25, -0.2) is 27.2 Å². The Labute approximate surface area is 152 Å². The normalized spacial score (nSPS) is 11.3. The van der Waals surface area contributed by atoms with E-state index in [1.54, 1.807) is 20.8 Å². The highest BCUT2D eigenvalue weighted by molar-refractivity contribution is 7.99. The summed E-state index contributed by atoms with van der Waals surface area (Å²) < 4.78 is 59.7. The highest BCUT2D eigenvalue weighted by atomic mass is 32.2. The fraction of sp³-hybridized carbons (Fsp3) is 0.500. The largest absolute Gasteiger partial charge is 0.477 e. The Balaban J connectivity index is 2.54. The number of hydrogen-bond acceptors (Lipinski definition) is 4. The average Bonchev–Trinajstić information content (AvgIpc) is 2.49. The van der Waals surface area contributed by atoms with Crippen LogP contribution in [0, 0.1) is 23.3 Å². The molecule has 0 saturated carbocycles. The quantitative estimate of drug-likeness (QED) is 0.310. The van der Waals surface area contributed by atoms with Crippen molar-refractivity contribution in [2.24, 2.45) is 0 Å². The summed E-state index contributed by atoms with van der Waals surface area (Å²) >= 11 is 0.524. The summed E-state index contributed by atoms with van der Waals surface area (Å²) in [5, 5.41) is 11.1. The summed E-state index contributed by atoms with van der Waals surface area (Å²) in [4.78, 5) is 21.2. The van der Waals surface area contributed by atoms with Crippen LogP contribution >= 0.6 is 11.8 Å². The molecule has 26 heavy (non-hydrogen) atoms. The van der Waals surface area contributed by atoms with Gasteiger partial charge in [0, 0.05) is 6.54 Å². The number of alkyl carbamates (subject to hydrolysis) is 1. The third-order valence-electron chi connectivity index (χ3n) is 2.92. The van der Waals surface area contributed by atoms with Gasteiger partial charge in [-0.15, -0.1) is 11.8 Å². The van der Waals surface area contributed by atoms with Crippen LogP contribution in [0.25, 0.3) is 0 Å². The summed E-state index contributed by atoms with van der Waals surface area (Å²) in [6.45, 7) is 5.38. The second-order valence-corrected chi connectivity index (χ2v) is 7.35. The number of ether oxygens (including phenoxy) is 1. The zero-order chi connectivity index (χ0) is 20.1. The number of carboxylic acids is 1. The van der Waals surface area contributed by atoms with Crippen molar-refractivity contribution in [3.05, 3.63) is 28.8 Å². The molecule has 1 aromatic carbocycles. The average molecular weight is 397 g/mol. The maximum atomic E-state index is 13.8. The summed E-state index contributed by atoms with van der Waals surface area (Å²) in [5.41, 5.74) is -2.29. The predicted molar refractivity (Wildman–Crippen MR) is 87.4 cm³/mol. The van der Waals surface area contributed by atoms with Gasteiger partial charge in [0.2, 0.25) is 0 Å². The molecule has 1 rings (SSSR count). The van der Waals surface area contributed by atoms with Crippen molar-refractivity contribution < 1.29 is 37.0 Å². The minimum absolute atomic E-state index is 0.106. The van der Waals surface area contributed by atoms with Gasteiger partial charge in [-0.2, -0.15) is 0 Å². The standard InChI is InChI=1S/C16H19F4NO4S/c1-16(2,3)25-15(24)21-6-4-5-7-26-13-11(19)9(17)8(14(22)23)10(18)12(13)20/h4-7H2,1-3H3,(H,21,24)(H,22,23). The van der Waals surface area contributed by atoms with Gasteiger partial charge in [0.15, 0.2) is 23.3 Å². The number of nitrogens with one attached hydrogen (secondary N) is 1. The fourth-order valence-corrected chi connectivity index (χ4v) is 2.82. The molecule has 10 heteroatoms. The van der Waals surface area contributed by atoms with Crippen molar-refractivity contribution in [2.45, 2.75) is 44.1 Å². The van der Waals surface area contributed by atoms with E-state index in [0.717, 1.165) is 0 Å². The molecule has 0 spiro atoms. The molecule has 5 nitrogen and oxygen atoms in total. The summed E-state index contributed by atoms with van der Waals surface area (Å²) in [6, 6.07) is 0. The first-order chi connectivity index (χ1) is 12.0. The molecular formula is C16H19F4NO4S. The topological polar surface area (TPSA) is 75.6 Å². The van der Waals surface area contributed by atoms with Crippen LogP contribution in [0.15, 0.2) is 4.90 Å². The first-order valence-corrected chi connectivity index (χ1v) is 8.63. The molecule has 0 fully saturated rings. The van der Waals surface area contributed by atoms with E-state index in [-0.39, 0.29) is 12.3 Å². The van der Waals surface area contributed by atoms with Crippen molar-refractivity contribution in [3.8, 4) is 0 Å². The molecule has 0 aliphatic carbocycles. The van der Waals surface area contributed by atoms with Crippen LogP contribution in [-0.4, -0.2) is 35.1 Å². The van der Waals surface area contributed by atoms with E-state index in [4.69, 9.17) is 9.84 Å². The first kappa shape index (κ1) is 22.1. The van der Waals surface area contributed by atoms with Crippen molar-refractivity contribution in [2.75, 3.05) is 12.3 Å². The van der Waals surface area contributed by atoms with Crippen LogP contribution in [0.4, 0.5) is 22.4 Å². The molecule has 0 aliphatic heterocycles. The number of unbranched alkanes of at least 4 members (excludes halogenated alkanes) is 1. The molecule has 0 heterocycles. The van der Waals surface area contributed by atoms with Gasteiger partial charge in [0.1, 0.15) is 11.2 Å². The minimum atomic E-state index is -2.09. The Bertz CT molecular complexity index is 663. The van der Waals surface area contributed by atoms with Gasteiger partial charge in [-0.1, -0.05) is 0 Å². The lowest BCUT2D eigenvalue weighted by Crippen LogP contribution is -2.33. The number of carbonyl (C=O) groups is 2. The number of amides is 1. The number of carboxylic acid groups (broad SMARTS) is 1. The molecular weight excluding hydrogens is 378 g/mol. The molecule has 0 aliphatic rings. The third-order valence-corrected chi connectivity index (χ3v) is 4.06. The first-order valence-electron chi connectivity index (χ1n) is 7.64. The summed E-state index contributed by atoms with van der Waals surface area (Å²) in [5.74, 6) is -9.34. The van der Waals surface area contributed by atoms with Crippen molar-refractivity contribution in [1.82, 2.24) is 5.32 Å². The monoisotopic (exact) mass is 397 g/mol. The zero-order valence-corrected chi connectivity index (χ0v) is 15.2. The number of hydrogen-bond donors (Lipinski definition) is 2. The van der Waals surface area contributed by atoms with Gasteiger partial charge >= 0.3 is 12.1 Å². The van der Waals surface area contributed by atoms with E-state index in [0.29, 0.717) is 24.6 Å². The molecule has 1 amide bonds. The highest BCUT2D eigenvalue weighted by Gasteiger charge is 2.29. The Morgan fingerprint density at radius 3 is 2.04 bits per heavy atom. The smallest absolute Gasteiger partial charge is 0.407 e. The van der Waals surface area contributed by atoms with Crippen LogP contribution in [0.3, 0.4) is 0 Å². The van der Waals surface area contributed by atoms with Crippen LogP contribution in [0.2, 0.25) is 0 Å². The number of thioether (sulfide) groups is 1. The van der Waals surface area contributed by atoms with E-state index in [2.05, 4.69) is 5.32 Å². The van der Waals surface area contributed by atoms with Crippen molar-refractivity contribution >= 4 is 23.8 Å². The number of benzene rings is 1. The Morgan fingerprint density at radius 2 is 1.58 bits per heavy atom. The summed E-state index contributed by atoms with van der Waals surface area (Å²) in [6.07, 6.45) is 0.215. The maximum absolute atomic E-state index is 13.8. The molecule has 0 unspecified atom stereocenters. The van der Waals surface area contributed by atoms with Crippen LogP contribution in [0.5, 0.6) is 0 Å².